The largest absolute Gasteiger partial charge is 0.504 e. The monoisotopic (exact) mass is 595 g/mol. The smallest absolute Gasteiger partial charge is 0.387 e. The molecule has 0 aromatic heterocycles. The molecule has 4 rings (SSSR count). The third-order valence-electron chi connectivity index (χ3n) is 5.95. The van der Waals surface area contributed by atoms with Gasteiger partial charge in [-0.2, -0.15) is 8.78 Å². The number of hydrogen-bond acceptors (Lipinski definition) is 8. The van der Waals surface area contributed by atoms with Crippen molar-refractivity contribution in [2.24, 2.45) is 4.99 Å². The van der Waals surface area contributed by atoms with Gasteiger partial charge in [0, 0.05) is 11.3 Å². The molecular formula is C30H27F2N3O6S. The first-order chi connectivity index (χ1) is 20.0. The van der Waals surface area contributed by atoms with Crippen LogP contribution >= 0.6 is 11.8 Å². The molecule has 3 aromatic rings. The first-order valence-corrected chi connectivity index (χ1v) is 13.7. The summed E-state index contributed by atoms with van der Waals surface area (Å²) >= 11 is 1.02. The number of ether oxygens (including phenoxy) is 2. The zero-order valence-corrected chi connectivity index (χ0v) is 23.7. The number of aromatic hydroxyl groups is 1. The Balaban J connectivity index is 1.62. The molecule has 218 valence electrons. The number of thioether (sulfide) groups is 1. The summed E-state index contributed by atoms with van der Waals surface area (Å²) in [6, 6.07) is 16.5. The molecule has 1 heterocycles. The maximum atomic E-state index is 13.6. The third kappa shape index (κ3) is 7.32. The van der Waals surface area contributed by atoms with Crippen molar-refractivity contribution in [1.82, 2.24) is 0 Å². The molecule has 0 saturated carbocycles. The second-order valence-corrected chi connectivity index (χ2v) is 10.3. The molecule has 1 unspecified atom stereocenters. The number of Topliss-reactive ketones (excluding diaryl/α,β-unsaturated/α-hetero) is 1. The van der Waals surface area contributed by atoms with E-state index in [-0.39, 0.29) is 39.8 Å². The van der Waals surface area contributed by atoms with Crippen molar-refractivity contribution in [2.75, 3.05) is 16.8 Å². The Morgan fingerprint density at radius 3 is 2.40 bits per heavy atom. The number of hydrogen-bond donors (Lipinski definition) is 2. The zero-order valence-electron chi connectivity index (χ0n) is 22.8. The van der Waals surface area contributed by atoms with Gasteiger partial charge in [-0.25, -0.2) is 4.99 Å². The summed E-state index contributed by atoms with van der Waals surface area (Å²) in [5.74, 6) is -0.885. The molecule has 9 nitrogen and oxygen atoms in total. The fourth-order valence-corrected chi connectivity index (χ4v) is 4.80. The number of halogens is 2. The Hall–Kier alpha value is -4.71. The Morgan fingerprint density at radius 1 is 1.10 bits per heavy atom. The van der Waals surface area contributed by atoms with Gasteiger partial charge in [0.05, 0.1) is 17.5 Å². The van der Waals surface area contributed by atoms with Crippen LogP contribution in [0.25, 0.3) is 6.08 Å². The van der Waals surface area contributed by atoms with Crippen LogP contribution in [-0.4, -0.2) is 46.3 Å². The van der Waals surface area contributed by atoms with Gasteiger partial charge in [-0.3, -0.25) is 19.3 Å². The summed E-state index contributed by atoms with van der Waals surface area (Å²) in [5, 5.41) is 12.3. The van der Waals surface area contributed by atoms with Crippen molar-refractivity contribution in [3.63, 3.8) is 0 Å². The van der Waals surface area contributed by atoms with Gasteiger partial charge in [-0.1, -0.05) is 17.8 Å². The molecule has 42 heavy (non-hydrogen) atoms. The SMILES string of the molecule is CCOc1cc(/C=C2/N=C(SC(C)C(=O)Nc3ccc(C(C)=O)cc3)N(c3ccc(OC(F)F)cc3)C2=O)ccc1O. The molecule has 0 aliphatic carbocycles. The number of carbonyl (C=O) groups is 3. The molecule has 2 amide bonds. The van der Waals surface area contributed by atoms with Crippen LogP contribution in [0.1, 0.15) is 36.7 Å². The number of alkyl halides is 2. The van der Waals surface area contributed by atoms with Gasteiger partial charge >= 0.3 is 6.61 Å². The third-order valence-corrected chi connectivity index (χ3v) is 7.00. The number of nitrogens with zero attached hydrogens (tertiary/aromatic N) is 2. The number of phenolic OH excluding ortho intramolecular Hbond substituents is 1. The van der Waals surface area contributed by atoms with Gasteiger partial charge in [0.1, 0.15) is 11.4 Å². The van der Waals surface area contributed by atoms with Crippen LogP contribution in [0.15, 0.2) is 77.4 Å². The topological polar surface area (TPSA) is 118 Å². The van der Waals surface area contributed by atoms with E-state index in [9.17, 15) is 28.3 Å². The predicted molar refractivity (Wildman–Crippen MR) is 157 cm³/mol. The van der Waals surface area contributed by atoms with Crippen molar-refractivity contribution in [3.8, 4) is 17.2 Å². The van der Waals surface area contributed by atoms with Crippen molar-refractivity contribution in [2.45, 2.75) is 32.6 Å². The van der Waals surface area contributed by atoms with Crippen LogP contribution in [0.4, 0.5) is 20.2 Å². The highest BCUT2D eigenvalue weighted by Gasteiger charge is 2.34. The van der Waals surface area contributed by atoms with E-state index in [2.05, 4.69) is 15.0 Å². The summed E-state index contributed by atoms with van der Waals surface area (Å²) in [6.45, 7) is 2.18. The first kappa shape index (κ1) is 30.3. The van der Waals surface area contributed by atoms with Crippen molar-refractivity contribution < 1.29 is 37.7 Å². The zero-order chi connectivity index (χ0) is 30.4. The molecule has 2 N–H and O–H groups in total. The molecule has 0 bridgehead atoms. The first-order valence-electron chi connectivity index (χ1n) is 12.8. The highest BCUT2D eigenvalue weighted by Crippen LogP contribution is 2.34. The van der Waals surface area contributed by atoms with Gasteiger partial charge in [0.25, 0.3) is 5.91 Å². The van der Waals surface area contributed by atoms with Crippen molar-refractivity contribution >= 4 is 52.0 Å². The molecule has 0 fully saturated rings. The van der Waals surface area contributed by atoms with Crippen LogP contribution in [0.3, 0.4) is 0 Å². The van der Waals surface area contributed by atoms with Gasteiger partial charge in [0.2, 0.25) is 5.91 Å². The standard InChI is InChI=1S/C30H27F2N3O6S/c1-4-40-26-16-19(5-14-25(26)37)15-24-28(39)35(22-10-12-23(13-11-22)41-29(31)32)30(34-24)42-18(3)27(38)33-21-8-6-20(7-9-21)17(2)36/h5-16,18,29,37H,4H2,1-3H3,(H,33,38)/b24-15+. The highest BCUT2D eigenvalue weighted by atomic mass is 32.2. The molecule has 1 aliphatic heterocycles. The number of amides is 2. The Kier molecular flexibility index (Phi) is 9.58. The number of phenols is 1. The van der Waals surface area contributed by atoms with Gasteiger partial charge < -0.3 is 19.9 Å². The molecule has 0 spiro atoms. The molecule has 3 aromatic carbocycles. The molecule has 0 saturated heterocycles. The second-order valence-electron chi connectivity index (χ2n) is 8.98. The fourth-order valence-electron chi connectivity index (χ4n) is 3.87. The van der Waals surface area contributed by atoms with Crippen LogP contribution in [-0.2, 0) is 9.59 Å². The minimum atomic E-state index is -3.00. The summed E-state index contributed by atoms with van der Waals surface area (Å²) in [5.41, 5.74) is 1.91. The van der Waals surface area contributed by atoms with Crippen LogP contribution in [0.2, 0.25) is 0 Å². The number of amidine groups is 1. The number of benzene rings is 3. The quantitative estimate of drug-likeness (QED) is 0.215. The Labute approximate surface area is 244 Å². The molecule has 0 radical (unpaired) electrons. The molecule has 1 atom stereocenters. The van der Waals surface area contributed by atoms with Gasteiger partial charge in [-0.05, 0) is 93.1 Å². The van der Waals surface area contributed by atoms with E-state index < -0.39 is 17.8 Å². The molecule has 1 aliphatic rings. The van der Waals surface area contributed by atoms with E-state index in [1.807, 2.05) is 0 Å². The molecular weight excluding hydrogens is 568 g/mol. The lowest BCUT2D eigenvalue weighted by molar-refractivity contribution is -0.115. The van der Waals surface area contributed by atoms with Gasteiger partial charge in [0.15, 0.2) is 22.4 Å². The number of ketones is 1. The average molecular weight is 596 g/mol. The Morgan fingerprint density at radius 2 is 1.79 bits per heavy atom. The molecule has 12 heteroatoms. The lowest BCUT2D eigenvalue weighted by atomic mass is 10.1. The Bertz CT molecular complexity index is 1540. The fraction of sp³-hybridized carbons (Fsp3) is 0.200. The van der Waals surface area contributed by atoms with E-state index in [1.165, 1.54) is 48.2 Å². The number of aliphatic imine (C=N–C) groups is 1. The highest BCUT2D eigenvalue weighted by molar-refractivity contribution is 8.15. The second kappa shape index (κ2) is 13.3. The van der Waals surface area contributed by atoms with Gasteiger partial charge in [-0.15, -0.1) is 0 Å². The lowest BCUT2D eigenvalue weighted by Crippen LogP contribution is -2.33. The normalized spacial score (nSPS) is 14.6. The minimum absolute atomic E-state index is 0.0472. The summed E-state index contributed by atoms with van der Waals surface area (Å²) in [7, 11) is 0. The number of carbonyl (C=O) groups excluding carboxylic acids is 3. The number of rotatable bonds is 10. The van der Waals surface area contributed by atoms with Crippen molar-refractivity contribution in [3.05, 3.63) is 83.6 Å². The van der Waals surface area contributed by atoms with Crippen LogP contribution in [0, 0.1) is 0 Å². The number of nitrogens with one attached hydrogen (secondary N) is 1. The summed E-state index contributed by atoms with van der Waals surface area (Å²) < 4.78 is 35.1. The average Bonchev–Trinajstić information content (AvgIpc) is 3.24. The van der Waals surface area contributed by atoms with E-state index in [4.69, 9.17) is 4.74 Å². The summed E-state index contributed by atoms with van der Waals surface area (Å²) in [4.78, 5) is 43.9. The van der Waals surface area contributed by atoms with Crippen LogP contribution < -0.4 is 19.7 Å². The van der Waals surface area contributed by atoms with Crippen LogP contribution in [0.5, 0.6) is 17.2 Å². The number of anilines is 2. The van der Waals surface area contributed by atoms with E-state index >= 15 is 0 Å². The van der Waals surface area contributed by atoms with E-state index in [1.54, 1.807) is 50.2 Å². The predicted octanol–water partition coefficient (Wildman–Crippen LogP) is 6.10. The maximum absolute atomic E-state index is 13.6. The van der Waals surface area contributed by atoms with E-state index in [0.717, 1.165) is 11.8 Å². The maximum Gasteiger partial charge on any atom is 0.387 e. The van der Waals surface area contributed by atoms with E-state index in [0.29, 0.717) is 29.1 Å². The summed E-state index contributed by atoms with van der Waals surface area (Å²) in [6.07, 6.45) is 1.51. The minimum Gasteiger partial charge on any atom is -0.504 e. The van der Waals surface area contributed by atoms with Crippen molar-refractivity contribution in [1.29, 1.82) is 0 Å². The lowest BCUT2D eigenvalue weighted by Gasteiger charge is -2.20.